The van der Waals surface area contributed by atoms with Crippen LogP contribution in [0.15, 0.2) is 60.9 Å². The SMILES string of the molecule is NC(=O)c1c(C(=O)O)c(C(=O)O)c2ccccc2c1C(N)=O.c1ccc2c[nH]cc2c1. The Balaban J connectivity index is 0.000000248. The third-order valence-electron chi connectivity index (χ3n) is 4.61. The first-order chi connectivity index (χ1) is 14.7. The molecule has 0 radical (unpaired) electrons. The number of carbonyl (C=O) groups excluding carboxylic acids is 2. The number of fused-ring (bicyclic) bond motifs is 2. The third kappa shape index (κ3) is 3.92. The predicted molar refractivity (Wildman–Crippen MR) is 113 cm³/mol. The van der Waals surface area contributed by atoms with Crippen LogP contribution in [0.3, 0.4) is 0 Å². The minimum Gasteiger partial charge on any atom is -0.478 e. The van der Waals surface area contributed by atoms with Gasteiger partial charge in [-0.1, -0.05) is 48.5 Å². The van der Waals surface area contributed by atoms with Gasteiger partial charge in [0.05, 0.1) is 22.3 Å². The standard InChI is InChI=1S/C14H10N2O6.C8H7N/c15-11(17)7-5-3-1-2-4-6(5)8(13(19)20)10(14(21)22)9(7)12(16)18;1-2-4-8-6-9-5-7(8)3-1/h1-4H,(H2,15,17)(H2,16,18)(H,19,20)(H,21,22);1-6,9H. The highest BCUT2D eigenvalue weighted by Gasteiger charge is 2.31. The van der Waals surface area contributed by atoms with E-state index in [9.17, 15) is 29.4 Å². The van der Waals surface area contributed by atoms with E-state index in [1.807, 2.05) is 24.5 Å². The molecule has 0 aliphatic heterocycles. The zero-order valence-corrected chi connectivity index (χ0v) is 16.0. The van der Waals surface area contributed by atoms with E-state index in [0.717, 1.165) is 0 Å². The molecule has 0 saturated carbocycles. The number of H-pyrrole nitrogens is 1. The molecule has 0 unspecified atom stereocenters. The number of hydrogen-bond acceptors (Lipinski definition) is 4. The van der Waals surface area contributed by atoms with Crippen molar-refractivity contribution in [2.24, 2.45) is 11.5 Å². The normalized spacial score (nSPS) is 10.3. The van der Waals surface area contributed by atoms with Crippen LogP contribution in [0.1, 0.15) is 41.4 Å². The molecule has 4 rings (SSSR count). The lowest BCUT2D eigenvalue weighted by atomic mass is 9.88. The van der Waals surface area contributed by atoms with Crippen molar-refractivity contribution in [2.75, 3.05) is 0 Å². The summed E-state index contributed by atoms with van der Waals surface area (Å²) in [7, 11) is 0. The molecule has 0 aliphatic carbocycles. The summed E-state index contributed by atoms with van der Waals surface area (Å²) in [6, 6.07) is 13.9. The van der Waals surface area contributed by atoms with E-state index in [4.69, 9.17) is 11.5 Å². The maximum atomic E-state index is 11.7. The topological polar surface area (TPSA) is 177 Å². The molecule has 156 valence electrons. The van der Waals surface area contributed by atoms with Crippen molar-refractivity contribution < 1.29 is 29.4 Å². The highest BCUT2D eigenvalue weighted by atomic mass is 16.4. The molecular weight excluding hydrogens is 402 g/mol. The fourth-order valence-corrected chi connectivity index (χ4v) is 3.37. The molecule has 9 nitrogen and oxygen atoms in total. The third-order valence-corrected chi connectivity index (χ3v) is 4.61. The Morgan fingerprint density at radius 1 is 0.613 bits per heavy atom. The highest BCUT2D eigenvalue weighted by molar-refractivity contribution is 6.24. The van der Waals surface area contributed by atoms with Crippen LogP contribution in [0.5, 0.6) is 0 Å². The van der Waals surface area contributed by atoms with E-state index >= 15 is 0 Å². The first-order valence-electron chi connectivity index (χ1n) is 8.90. The monoisotopic (exact) mass is 419 g/mol. The van der Waals surface area contributed by atoms with Gasteiger partial charge in [-0.05, 0) is 21.5 Å². The minimum atomic E-state index is -1.69. The first kappa shape index (κ1) is 21.1. The van der Waals surface area contributed by atoms with Gasteiger partial charge in [0, 0.05) is 12.4 Å². The molecule has 3 aromatic carbocycles. The number of carbonyl (C=O) groups is 4. The summed E-state index contributed by atoms with van der Waals surface area (Å²) < 4.78 is 0. The van der Waals surface area contributed by atoms with Gasteiger partial charge in [0.2, 0.25) is 11.8 Å². The second kappa shape index (κ2) is 8.37. The summed E-state index contributed by atoms with van der Waals surface area (Å²) in [4.78, 5) is 49.2. The maximum Gasteiger partial charge on any atom is 0.337 e. The van der Waals surface area contributed by atoms with Crippen LogP contribution in [-0.4, -0.2) is 39.0 Å². The van der Waals surface area contributed by atoms with E-state index < -0.39 is 46.0 Å². The molecule has 0 spiro atoms. The summed E-state index contributed by atoms with van der Waals surface area (Å²) in [6.07, 6.45) is 3.99. The Labute approximate surface area is 174 Å². The fraction of sp³-hybridized carbons (Fsp3) is 0. The van der Waals surface area contributed by atoms with Gasteiger partial charge in [0.1, 0.15) is 0 Å². The summed E-state index contributed by atoms with van der Waals surface area (Å²) in [6.45, 7) is 0. The zero-order valence-electron chi connectivity index (χ0n) is 16.0. The number of carboxylic acid groups (broad SMARTS) is 2. The Bertz CT molecular complexity index is 1260. The zero-order chi connectivity index (χ0) is 22.7. The van der Waals surface area contributed by atoms with Crippen LogP contribution in [-0.2, 0) is 0 Å². The number of benzene rings is 3. The largest absolute Gasteiger partial charge is 0.478 e. The van der Waals surface area contributed by atoms with Crippen LogP contribution < -0.4 is 11.5 Å². The van der Waals surface area contributed by atoms with Gasteiger partial charge in [0.15, 0.2) is 0 Å². The Morgan fingerprint density at radius 3 is 1.45 bits per heavy atom. The molecule has 0 bridgehead atoms. The van der Waals surface area contributed by atoms with Crippen LogP contribution in [0.25, 0.3) is 21.5 Å². The summed E-state index contributed by atoms with van der Waals surface area (Å²) in [5.74, 6) is -5.59. The number of primary amides is 2. The second-order valence-electron chi connectivity index (χ2n) is 6.47. The molecule has 31 heavy (non-hydrogen) atoms. The quantitative estimate of drug-likeness (QED) is 0.339. The Hall–Kier alpha value is -4.66. The van der Waals surface area contributed by atoms with Crippen molar-refractivity contribution in [3.63, 3.8) is 0 Å². The van der Waals surface area contributed by atoms with Crippen molar-refractivity contribution >= 4 is 45.3 Å². The number of hydrogen-bond donors (Lipinski definition) is 5. The molecule has 9 heteroatoms. The number of aromatic amines is 1. The first-order valence-corrected chi connectivity index (χ1v) is 8.90. The molecule has 0 fully saturated rings. The summed E-state index contributed by atoms with van der Waals surface area (Å²) >= 11 is 0. The molecule has 7 N–H and O–H groups in total. The van der Waals surface area contributed by atoms with E-state index in [1.165, 1.54) is 35.0 Å². The van der Waals surface area contributed by atoms with Crippen molar-refractivity contribution in [1.29, 1.82) is 0 Å². The number of rotatable bonds is 4. The van der Waals surface area contributed by atoms with E-state index in [-0.39, 0.29) is 10.8 Å². The van der Waals surface area contributed by atoms with Crippen LogP contribution >= 0.6 is 0 Å². The molecule has 0 atom stereocenters. The summed E-state index contributed by atoms with van der Waals surface area (Å²) in [5, 5.41) is 21.2. The fourth-order valence-electron chi connectivity index (χ4n) is 3.37. The van der Waals surface area contributed by atoms with E-state index in [2.05, 4.69) is 17.1 Å². The number of amides is 2. The average molecular weight is 419 g/mol. The average Bonchev–Trinajstić information content (AvgIpc) is 3.20. The summed E-state index contributed by atoms with van der Waals surface area (Å²) in [5.41, 5.74) is 7.77. The van der Waals surface area contributed by atoms with Gasteiger partial charge in [-0.2, -0.15) is 0 Å². The molecule has 2 amide bonds. The molecular formula is C22H17N3O6. The lowest BCUT2D eigenvalue weighted by molar-refractivity contribution is 0.0651. The van der Waals surface area contributed by atoms with E-state index in [0.29, 0.717) is 0 Å². The predicted octanol–water partition coefficient (Wildman–Crippen LogP) is 2.60. The second-order valence-corrected chi connectivity index (χ2v) is 6.47. The lowest BCUT2D eigenvalue weighted by Crippen LogP contribution is -2.26. The molecule has 0 saturated heterocycles. The van der Waals surface area contributed by atoms with Crippen molar-refractivity contribution in [3.8, 4) is 0 Å². The van der Waals surface area contributed by atoms with E-state index in [1.54, 1.807) is 0 Å². The Morgan fingerprint density at radius 2 is 1.03 bits per heavy atom. The van der Waals surface area contributed by atoms with Crippen LogP contribution in [0, 0.1) is 0 Å². The van der Waals surface area contributed by atoms with Crippen LogP contribution in [0.2, 0.25) is 0 Å². The van der Waals surface area contributed by atoms with Gasteiger partial charge in [-0.3, -0.25) is 9.59 Å². The maximum absolute atomic E-state index is 11.7. The van der Waals surface area contributed by atoms with Crippen molar-refractivity contribution in [2.45, 2.75) is 0 Å². The van der Waals surface area contributed by atoms with Crippen molar-refractivity contribution in [3.05, 3.63) is 83.2 Å². The molecule has 0 aliphatic rings. The number of nitrogens with one attached hydrogen (secondary N) is 1. The Kier molecular flexibility index (Phi) is 5.69. The lowest BCUT2D eigenvalue weighted by Gasteiger charge is -2.15. The van der Waals surface area contributed by atoms with Gasteiger partial charge >= 0.3 is 11.9 Å². The van der Waals surface area contributed by atoms with Gasteiger partial charge in [0.25, 0.3) is 0 Å². The van der Waals surface area contributed by atoms with Gasteiger partial charge in [-0.25, -0.2) is 9.59 Å². The smallest absolute Gasteiger partial charge is 0.337 e. The highest BCUT2D eigenvalue weighted by Crippen LogP contribution is 2.31. The minimum absolute atomic E-state index is 0.0220. The van der Waals surface area contributed by atoms with Crippen molar-refractivity contribution in [1.82, 2.24) is 4.98 Å². The van der Waals surface area contributed by atoms with Gasteiger partial charge < -0.3 is 26.7 Å². The van der Waals surface area contributed by atoms with Crippen LogP contribution in [0.4, 0.5) is 0 Å². The molecule has 4 aromatic rings. The number of aromatic carboxylic acids is 2. The molecule has 1 aromatic heterocycles. The number of aromatic nitrogens is 1. The number of nitrogens with two attached hydrogens (primary N) is 2. The number of carboxylic acids is 2. The molecule has 1 heterocycles. The van der Waals surface area contributed by atoms with Gasteiger partial charge in [-0.15, -0.1) is 0 Å².